The second-order valence-electron chi connectivity index (χ2n) is 6.92. The molecule has 2 unspecified atom stereocenters. The first-order valence-corrected chi connectivity index (χ1v) is 9.93. The molecular weight excluding hydrogens is 360 g/mol. The topological polar surface area (TPSA) is 53.0 Å². The molecule has 0 bridgehead atoms. The number of piperazine rings is 1. The molecule has 0 saturated carbocycles. The maximum atomic E-state index is 11.1. The SMILES string of the molecule is COc1cccc(Sc2ccccc2N2CC(C)N(CC(=O)O)CC2C)c1. The molecule has 27 heavy (non-hydrogen) atoms. The van der Waals surface area contributed by atoms with Gasteiger partial charge >= 0.3 is 5.97 Å². The molecule has 0 spiro atoms. The molecule has 1 fully saturated rings. The summed E-state index contributed by atoms with van der Waals surface area (Å²) < 4.78 is 5.34. The Morgan fingerprint density at radius 2 is 1.93 bits per heavy atom. The molecule has 6 heteroatoms. The Labute approximate surface area is 164 Å². The van der Waals surface area contributed by atoms with Crippen LogP contribution in [0, 0.1) is 0 Å². The van der Waals surface area contributed by atoms with Gasteiger partial charge in [0.05, 0.1) is 19.3 Å². The highest BCUT2D eigenvalue weighted by Crippen LogP contribution is 2.38. The number of aliphatic carboxylic acids is 1. The van der Waals surface area contributed by atoms with E-state index in [0.717, 1.165) is 23.7 Å². The van der Waals surface area contributed by atoms with Gasteiger partial charge in [-0.15, -0.1) is 0 Å². The number of carboxylic acids is 1. The van der Waals surface area contributed by atoms with Gasteiger partial charge in [-0.05, 0) is 44.2 Å². The second kappa shape index (κ2) is 8.67. The zero-order chi connectivity index (χ0) is 19.4. The van der Waals surface area contributed by atoms with E-state index in [1.54, 1.807) is 18.9 Å². The van der Waals surface area contributed by atoms with Crippen molar-refractivity contribution in [1.29, 1.82) is 0 Å². The van der Waals surface area contributed by atoms with E-state index < -0.39 is 5.97 Å². The molecule has 2 aromatic carbocycles. The van der Waals surface area contributed by atoms with E-state index in [1.165, 1.54) is 10.6 Å². The van der Waals surface area contributed by atoms with Gasteiger partial charge in [-0.1, -0.05) is 30.0 Å². The summed E-state index contributed by atoms with van der Waals surface area (Å²) in [6, 6.07) is 16.9. The van der Waals surface area contributed by atoms with Crippen molar-refractivity contribution in [3.63, 3.8) is 0 Å². The molecule has 1 N–H and O–H groups in total. The lowest BCUT2D eigenvalue weighted by Gasteiger charge is -2.45. The summed E-state index contributed by atoms with van der Waals surface area (Å²) in [7, 11) is 1.68. The van der Waals surface area contributed by atoms with Crippen molar-refractivity contribution < 1.29 is 14.6 Å². The molecule has 0 aliphatic carbocycles. The summed E-state index contributed by atoms with van der Waals surface area (Å²) in [6.07, 6.45) is 0. The number of ether oxygens (including phenoxy) is 1. The van der Waals surface area contributed by atoms with Gasteiger partial charge in [0, 0.05) is 35.0 Å². The molecule has 1 aliphatic heterocycles. The van der Waals surface area contributed by atoms with Crippen LogP contribution in [-0.4, -0.2) is 54.8 Å². The number of hydrogen-bond acceptors (Lipinski definition) is 5. The predicted octanol–water partition coefficient (Wildman–Crippen LogP) is 3.83. The van der Waals surface area contributed by atoms with Crippen LogP contribution >= 0.6 is 11.8 Å². The van der Waals surface area contributed by atoms with E-state index in [2.05, 4.69) is 49.1 Å². The van der Waals surface area contributed by atoms with E-state index in [-0.39, 0.29) is 18.6 Å². The van der Waals surface area contributed by atoms with E-state index in [1.807, 2.05) is 23.1 Å². The third-order valence-electron chi connectivity index (χ3n) is 4.90. The number of para-hydroxylation sites is 1. The third kappa shape index (κ3) is 4.76. The van der Waals surface area contributed by atoms with E-state index in [0.29, 0.717) is 0 Å². The van der Waals surface area contributed by atoms with Gasteiger partial charge in [0.25, 0.3) is 0 Å². The highest BCUT2D eigenvalue weighted by molar-refractivity contribution is 7.99. The van der Waals surface area contributed by atoms with Gasteiger partial charge in [-0.2, -0.15) is 0 Å². The Morgan fingerprint density at radius 1 is 1.15 bits per heavy atom. The molecule has 3 rings (SSSR count). The monoisotopic (exact) mass is 386 g/mol. The van der Waals surface area contributed by atoms with Gasteiger partial charge < -0.3 is 14.7 Å². The lowest BCUT2D eigenvalue weighted by atomic mass is 10.1. The normalized spacial score (nSPS) is 20.5. The van der Waals surface area contributed by atoms with Crippen molar-refractivity contribution in [1.82, 2.24) is 4.90 Å². The largest absolute Gasteiger partial charge is 0.497 e. The number of carbonyl (C=O) groups is 1. The van der Waals surface area contributed by atoms with E-state index in [4.69, 9.17) is 9.84 Å². The Morgan fingerprint density at radius 3 is 2.67 bits per heavy atom. The van der Waals surface area contributed by atoms with Crippen LogP contribution in [-0.2, 0) is 4.79 Å². The fraction of sp³-hybridized carbons (Fsp3) is 0.381. The van der Waals surface area contributed by atoms with Crippen LogP contribution in [0.1, 0.15) is 13.8 Å². The van der Waals surface area contributed by atoms with Gasteiger partial charge in [0.15, 0.2) is 0 Å². The van der Waals surface area contributed by atoms with Crippen LogP contribution in [0.2, 0.25) is 0 Å². The van der Waals surface area contributed by atoms with Gasteiger partial charge in [0.1, 0.15) is 5.75 Å². The van der Waals surface area contributed by atoms with Crippen molar-refractivity contribution >= 4 is 23.4 Å². The van der Waals surface area contributed by atoms with Crippen LogP contribution in [0.3, 0.4) is 0 Å². The number of anilines is 1. The summed E-state index contributed by atoms with van der Waals surface area (Å²) >= 11 is 1.72. The Bertz CT molecular complexity index is 799. The number of methoxy groups -OCH3 is 1. The number of nitrogens with zero attached hydrogens (tertiary/aromatic N) is 2. The minimum Gasteiger partial charge on any atom is -0.497 e. The third-order valence-corrected chi connectivity index (χ3v) is 5.95. The lowest BCUT2D eigenvalue weighted by Crippen LogP contribution is -2.57. The maximum absolute atomic E-state index is 11.1. The zero-order valence-electron chi connectivity index (χ0n) is 16.0. The molecule has 5 nitrogen and oxygen atoms in total. The molecule has 0 aromatic heterocycles. The number of benzene rings is 2. The smallest absolute Gasteiger partial charge is 0.317 e. The quantitative estimate of drug-likeness (QED) is 0.814. The van der Waals surface area contributed by atoms with E-state index in [9.17, 15) is 4.79 Å². The van der Waals surface area contributed by atoms with E-state index >= 15 is 0 Å². The average molecular weight is 387 g/mol. The Kier molecular flexibility index (Phi) is 6.29. The molecular formula is C21H26N2O3S. The first-order valence-electron chi connectivity index (χ1n) is 9.11. The minimum absolute atomic E-state index is 0.0968. The number of carboxylic acid groups (broad SMARTS) is 1. The molecule has 1 saturated heterocycles. The van der Waals surface area contributed by atoms with Crippen LogP contribution in [0.5, 0.6) is 5.75 Å². The zero-order valence-corrected chi connectivity index (χ0v) is 16.8. The molecule has 2 atom stereocenters. The standard InChI is InChI=1S/C21H26N2O3S/c1-15-13-23(16(2)12-22(15)14-21(24)25)19-9-4-5-10-20(19)27-18-8-6-7-17(11-18)26-3/h4-11,15-16H,12-14H2,1-3H3,(H,24,25). The fourth-order valence-corrected chi connectivity index (χ4v) is 4.51. The summed E-state index contributed by atoms with van der Waals surface area (Å²) in [4.78, 5) is 17.9. The van der Waals surface area contributed by atoms with Crippen molar-refractivity contribution in [2.24, 2.45) is 0 Å². The Hall–Kier alpha value is -2.18. The van der Waals surface area contributed by atoms with Gasteiger partial charge in [-0.3, -0.25) is 9.69 Å². The maximum Gasteiger partial charge on any atom is 0.317 e. The molecule has 144 valence electrons. The van der Waals surface area contributed by atoms with Crippen molar-refractivity contribution in [3.05, 3.63) is 48.5 Å². The highest BCUT2D eigenvalue weighted by atomic mass is 32.2. The van der Waals surface area contributed by atoms with Crippen LogP contribution in [0.25, 0.3) is 0 Å². The average Bonchev–Trinajstić information content (AvgIpc) is 2.65. The van der Waals surface area contributed by atoms with Crippen LogP contribution in [0.15, 0.2) is 58.3 Å². The predicted molar refractivity (Wildman–Crippen MR) is 109 cm³/mol. The van der Waals surface area contributed by atoms with Crippen molar-refractivity contribution in [2.45, 2.75) is 35.7 Å². The molecule has 0 radical (unpaired) electrons. The van der Waals surface area contributed by atoms with Crippen LogP contribution < -0.4 is 9.64 Å². The van der Waals surface area contributed by atoms with Crippen molar-refractivity contribution in [3.8, 4) is 5.75 Å². The molecule has 2 aromatic rings. The fourth-order valence-electron chi connectivity index (χ4n) is 3.50. The number of rotatable bonds is 6. The summed E-state index contributed by atoms with van der Waals surface area (Å²) in [6.45, 7) is 5.91. The first-order chi connectivity index (χ1) is 13.0. The summed E-state index contributed by atoms with van der Waals surface area (Å²) in [5.74, 6) is 0.0817. The second-order valence-corrected chi connectivity index (χ2v) is 8.04. The first kappa shape index (κ1) is 19.6. The summed E-state index contributed by atoms with van der Waals surface area (Å²) in [5, 5.41) is 9.13. The van der Waals surface area contributed by atoms with Gasteiger partial charge in [0.2, 0.25) is 0 Å². The lowest BCUT2D eigenvalue weighted by molar-refractivity contribution is -0.139. The summed E-state index contributed by atoms with van der Waals surface area (Å²) in [5.41, 5.74) is 1.19. The van der Waals surface area contributed by atoms with Crippen molar-refractivity contribution in [2.75, 3.05) is 31.6 Å². The number of hydrogen-bond donors (Lipinski definition) is 1. The molecule has 0 amide bonds. The minimum atomic E-state index is -0.767. The molecule has 1 aliphatic rings. The Balaban J connectivity index is 1.82. The van der Waals surface area contributed by atoms with Gasteiger partial charge in [-0.25, -0.2) is 0 Å². The molecule has 1 heterocycles. The highest BCUT2D eigenvalue weighted by Gasteiger charge is 2.31. The van der Waals surface area contributed by atoms with Crippen LogP contribution in [0.4, 0.5) is 5.69 Å².